The van der Waals surface area contributed by atoms with Crippen molar-refractivity contribution in [2.45, 2.75) is 19.3 Å². The molecule has 4 nitrogen and oxygen atoms in total. The van der Waals surface area contributed by atoms with Crippen LogP contribution in [0.3, 0.4) is 0 Å². The Morgan fingerprint density at radius 1 is 1.20 bits per heavy atom. The Labute approximate surface area is 147 Å². The molecule has 0 aliphatic heterocycles. The van der Waals surface area contributed by atoms with E-state index in [1.165, 1.54) is 16.8 Å². The number of pyridine rings is 1. The van der Waals surface area contributed by atoms with Crippen LogP contribution in [-0.2, 0) is 0 Å². The van der Waals surface area contributed by atoms with Gasteiger partial charge in [0, 0.05) is 29.1 Å². The number of halogens is 3. The molecular formula is C18H13ClF2N4. The summed E-state index contributed by atoms with van der Waals surface area (Å²) in [7, 11) is 0. The number of aromatic nitrogens is 4. The molecule has 126 valence electrons. The highest BCUT2D eigenvalue weighted by atomic mass is 35.5. The minimum absolute atomic E-state index is 0.00780. The Morgan fingerprint density at radius 3 is 2.84 bits per heavy atom. The fourth-order valence-electron chi connectivity index (χ4n) is 3.15. The Bertz CT molecular complexity index is 1090. The Hall–Kier alpha value is -2.60. The number of hydrogen-bond acceptors (Lipinski definition) is 3. The van der Waals surface area contributed by atoms with E-state index >= 15 is 4.39 Å². The van der Waals surface area contributed by atoms with Crippen LogP contribution in [0.15, 0.2) is 42.7 Å². The maximum absolute atomic E-state index is 15.1. The van der Waals surface area contributed by atoms with E-state index in [1.54, 1.807) is 30.5 Å². The van der Waals surface area contributed by atoms with Crippen molar-refractivity contribution in [1.82, 2.24) is 19.6 Å². The SMILES string of the molecule is CCC(c1c(F)cc2ncccc2c1F)c1cnc2ccc(Cl)nn12. The maximum Gasteiger partial charge on any atom is 0.153 e. The van der Waals surface area contributed by atoms with Gasteiger partial charge < -0.3 is 0 Å². The first-order valence-corrected chi connectivity index (χ1v) is 8.20. The van der Waals surface area contributed by atoms with Crippen molar-refractivity contribution in [1.29, 1.82) is 0 Å². The molecule has 0 saturated carbocycles. The van der Waals surface area contributed by atoms with Gasteiger partial charge in [-0.2, -0.15) is 5.10 Å². The van der Waals surface area contributed by atoms with E-state index in [9.17, 15) is 4.39 Å². The molecule has 0 N–H and O–H groups in total. The highest BCUT2D eigenvalue weighted by Gasteiger charge is 2.26. The minimum atomic E-state index is -0.632. The molecule has 4 aromatic rings. The predicted molar refractivity (Wildman–Crippen MR) is 91.8 cm³/mol. The zero-order chi connectivity index (χ0) is 17.6. The maximum atomic E-state index is 15.1. The molecule has 1 aromatic carbocycles. The first kappa shape index (κ1) is 15.9. The van der Waals surface area contributed by atoms with Crippen LogP contribution in [0.1, 0.15) is 30.5 Å². The monoisotopic (exact) mass is 358 g/mol. The Kier molecular flexibility index (Phi) is 3.84. The standard InChI is InChI=1S/C18H13ClF2N4/c1-2-10(14-9-23-16-6-5-15(19)24-25(14)16)17-12(20)8-13-11(18(17)21)4-3-7-22-13/h3-10H,2H2,1H3. The van der Waals surface area contributed by atoms with Gasteiger partial charge in [0.15, 0.2) is 5.65 Å². The molecule has 3 aromatic heterocycles. The average molecular weight is 359 g/mol. The van der Waals surface area contributed by atoms with Crippen molar-refractivity contribution in [2.24, 2.45) is 0 Å². The molecule has 1 unspecified atom stereocenters. The van der Waals surface area contributed by atoms with Crippen LogP contribution in [-0.4, -0.2) is 19.6 Å². The lowest BCUT2D eigenvalue weighted by atomic mass is 9.91. The minimum Gasteiger partial charge on any atom is -0.256 e. The highest BCUT2D eigenvalue weighted by molar-refractivity contribution is 6.29. The summed E-state index contributed by atoms with van der Waals surface area (Å²) < 4.78 is 31.3. The number of benzene rings is 1. The summed E-state index contributed by atoms with van der Waals surface area (Å²) in [5.41, 5.74) is 1.43. The van der Waals surface area contributed by atoms with Crippen LogP contribution >= 0.6 is 11.6 Å². The second kappa shape index (κ2) is 6.04. The molecule has 0 saturated heterocycles. The molecule has 0 aliphatic carbocycles. The Morgan fingerprint density at radius 2 is 2.04 bits per heavy atom. The van der Waals surface area contributed by atoms with Crippen LogP contribution in [0.25, 0.3) is 16.6 Å². The summed E-state index contributed by atoms with van der Waals surface area (Å²) in [5.74, 6) is -1.79. The lowest BCUT2D eigenvalue weighted by Crippen LogP contribution is -2.10. The van der Waals surface area contributed by atoms with Crippen LogP contribution in [0.2, 0.25) is 5.15 Å². The summed E-state index contributed by atoms with van der Waals surface area (Å²) in [4.78, 5) is 8.29. The van der Waals surface area contributed by atoms with Crippen LogP contribution in [0, 0.1) is 11.6 Å². The van der Waals surface area contributed by atoms with Gasteiger partial charge in [0.2, 0.25) is 0 Å². The van der Waals surface area contributed by atoms with Crippen molar-refractivity contribution in [3.8, 4) is 0 Å². The van der Waals surface area contributed by atoms with Gasteiger partial charge >= 0.3 is 0 Å². The quantitative estimate of drug-likeness (QED) is 0.530. The summed E-state index contributed by atoms with van der Waals surface area (Å²) in [6.45, 7) is 1.86. The fraction of sp³-hybridized carbons (Fsp3) is 0.167. The van der Waals surface area contributed by atoms with Gasteiger partial charge in [0.1, 0.15) is 16.8 Å². The van der Waals surface area contributed by atoms with Gasteiger partial charge in [0.05, 0.1) is 17.4 Å². The number of rotatable bonds is 3. The molecule has 7 heteroatoms. The molecule has 0 spiro atoms. The first-order valence-electron chi connectivity index (χ1n) is 7.83. The summed E-state index contributed by atoms with van der Waals surface area (Å²) in [5, 5.41) is 4.79. The average Bonchev–Trinajstić information content (AvgIpc) is 3.01. The normalized spacial score (nSPS) is 12.8. The van der Waals surface area contributed by atoms with E-state index in [4.69, 9.17) is 11.6 Å². The van der Waals surface area contributed by atoms with E-state index in [-0.39, 0.29) is 21.6 Å². The van der Waals surface area contributed by atoms with Crippen LogP contribution in [0.4, 0.5) is 8.78 Å². The van der Waals surface area contributed by atoms with Crippen molar-refractivity contribution >= 4 is 28.2 Å². The highest BCUT2D eigenvalue weighted by Crippen LogP contribution is 2.35. The number of nitrogens with zero attached hydrogens (tertiary/aromatic N) is 4. The Balaban J connectivity index is 1.97. The number of fused-ring (bicyclic) bond motifs is 2. The van der Waals surface area contributed by atoms with Crippen molar-refractivity contribution in [3.05, 3.63) is 70.8 Å². The second-order valence-electron chi connectivity index (χ2n) is 5.73. The topological polar surface area (TPSA) is 43.1 Å². The van der Waals surface area contributed by atoms with E-state index in [2.05, 4.69) is 15.1 Å². The zero-order valence-corrected chi connectivity index (χ0v) is 14.0. The van der Waals surface area contributed by atoms with Crippen LogP contribution in [0.5, 0.6) is 0 Å². The van der Waals surface area contributed by atoms with Gasteiger partial charge in [-0.1, -0.05) is 18.5 Å². The molecule has 25 heavy (non-hydrogen) atoms. The summed E-state index contributed by atoms with van der Waals surface area (Å²) >= 11 is 5.97. The largest absolute Gasteiger partial charge is 0.256 e. The van der Waals surface area contributed by atoms with E-state index < -0.39 is 17.6 Å². The van der Waals surface area contributed by atoms with Gasteiger partial charge in [-0.3, -0.25) is 4.98 Å². The third kappa shape index (κ3) is 2.53. The molecule has 1 atom stereocenters. The molecule has 0 amide bonds. The number of imidazole rings is 1. The van der Waals surface area contributed by atoms with Crippen LogP contribution < -0.4 is 0 Å². The predicted octanol–water partition coefficient (Wildman–Crippen LogP) is 4.75. The van der Waals surface area contributed by atoms with Crippen molar-refractivity contribution < 1.29 is 8.78 Å². The lowest BCUT2D eigenvalue weighted by Gasteiger charge is -2.17. The number of hydrogen-bond donors (Lipinski definition) is 0. The zero-order valence-electron chi connectivity index (χ0n) is 13.2. The molecule has 0 bridgehead atoms. The molecule has 0 aliphatic rings. The van der Waals surface area contributed by atoms with Gasteiger partial charge in [-0.25, -0.2) is 18.3 Å². The molecule has 0 radical (unpaired) electrons. The summed E-state index contributed by atoms with van der Waals surface area (Å²) in [6.07, 6.45) is 3.56. The van der Waals surface area contributed by atoms with E-state index in [1.807, 2.05) is 6.92 Å². The fourth-order valence-corrected chi connectivity index (χ4v) is 3.29. The molecule has 3 heterocycles. The smallest absolute Gasteiger partial charge is 0.153 e. The van der Waals surface area contributed by atoms with Gasteiger partial charge in [-0.15, -0.1) is 0 Å². The lowest BCUT2D eigenvalue weighted by molar-refractivity contribution is 0.537. The van der Waals surface area contributed by atoms with Gasteiger partial charge in [-0.05, 0) is 30.7 Å². The second-order valence-corrected chi connectivity index (χ2v) is 6.11. The first-order chi connectivity index (χ1) is 12.1. The van der Waals surface area contributed by atoms with E-state index in [0.717, 1.165) is 0 Å². The van der Waals surface area contributed by atoms with Crippen molar-refractivity contribution in [2.75, 3.05) is 0 Å². The third-order valence-electron chi connectivity index (χ3n) is 4.30. The third-order valence-corrected chi connectivity index (χ3v) is 4.50. The van der Waals surface area contributed by atoms with Gasteiger partial charge in [0.25, 0.3) is 0 Å². The summed E-state index contributed by atoms with van der Waals surface area (Å²) in [6, 6.07) is 7.82. The molecule has 0 fully saturated rings. The molecule has 4 rings (SSSR count). The van der Waals surface area contributed by atoms with E-state index in [0.29, 0.717) is 17.8 Å². The van der Waals surface area contributed by atoms with Crippen molar-refractivity contribution in [3.63, 3.8) is 0 Å². The molecular weight excluding hydrogens is 346 g/mol.